The van der Waals surface area contributed by atoms with Gasteiger partial charge in [-0.1, -0.05) is 143 Å². The average Bonchev–Trinajstić information content (AvgIpc) is 3.63. The first-order valence-corrected chi connectivity index (χ1v) is 18.5. The summed E-state index contributed by atoms with van der Waals surface area (Å²) in [6, 6.07) is 21.6. The number of thioether (sulfide) groups is 9. The van der Waals surface area contributed by atoms with Crippen molar-refractivity contribution in [2.75, 3.05) is 11.5 Å². The Kier molecular flexibility index (Phi) is 7.34. The van der Waals surface area contributed by atoms with Gasteiger partial charge in [-0.3, -0.25) is 0 Å². The highest BCUT2D eigenvalue weighted by molar-refractivity contribution is 8.49. The van der Waals surface area contributed by atoms with Gasteiger partial charge in [0.05, 0.1) is 29.7 Å². The molecule has 0 amide bonds. The SMILES string of the molecule is C1=C(c2ccccc2)SC(c2ccccc2)=CC1=C1SC2=C(S1)SC(=C1SC3=C(SCCS3)S1)S2. The second-order valence-electron chi connectivity index (χ2n) is 7.63. The lowest BCUT2D eigenvalue weighted by Gasteiger charge is -2.18. The fraction of sp³-hybridized carbons (Fsp3) is 0.0769. The van der Waals surface area contributed by atoms with Gasteiger partial charge in [-0.15, -0.1) is 23.5 Å². The van der Waals surface area contributed by atoms with Crippen LogP contribution in [0.4, 0.5) is 0 Å². The van der Waals surface area contributed by atoms with Gasteiger partial charge in [-0.25, -0.2) is 0 Å². The summed E-state index contributed by atoms with van der Waals surface area (Å²) in [5, 5.41) is 0. The lowest BCUT2D eigenvalue weighted by atomic mass is 10.1. The van der Waals surface area contributed by atoms with E-state index in [1.165, 1.54) is 67.7 Å². The highest BCUT2D eigenvalue weighted by Gasteiger charge is 2.36. The first kappa shape index (κ1) is 24.1. The summed E-state index contributed by atoms with van der Waals surface area (Å²) in [5.41, 5.74) is 3.89. The molecule has 5 aliphatic heterocycles. The van der Waals surface area contributed by atoms with E-state index in [0.29, 0.717) is 0 Å². The van der Waals surface area contributed by atoms with E-state index in [2.05, 4.69) is 72.8 Å². The summed E-state index contributed by atoms with van der Waals surface area (Å²) < 4.78 is 10.3. The van der Waals surface area contributed by atoms with E-state index in [0.717, 1.165) is 0 Å². The van der Waals surface area contributed by atoms with Crippen LogP contribution in [-0.2, 0) is 0 Å². The third-order valence-corrected chi connectivity index (χ3v) is 18.5. The van der Waals surface area contributed by atoms with Crippen molar-refractivity contribution < 1.29 is 0 Å². The largest absolute Gasteiger partial charge is 0.116 e. The van der Waals surface area contributed by atoms with Crippen molar-refractivity contribution in [3.05, 3.63) is 119 Å². The van der Waals surface area contributed by atoms with Crippen LogP contribution in [0, 0.1) is 0 Å². The maximum atomic E-state index is 2.38. The molecule has 0 aliphatic carbocycles. The van der Waals surface area contributed by atoms with Crippen LogP contribution in [-0.4, -0.2) is 11.5 Å². The van der Waals surface area contributed by atoms with Crippen LogP contribution >= 0.6 is 106 Å². The maximum absolute atomic E-state index is 2.38. The van der Waals surface area contributed by atoms with E-state index in [1.54, 1.807) is 0 Å². The molecule has 0 bridgehead atoms. The van der Waals surface area contributed by atoms with Crippen LogP contribution in [0.15, 0.2) is 108 Å². The Morgan fingerprint density at radius 2 is 0.800 bits per heavy atom. The second-order valence-corrected chi connectivity index (χ2v) is 18.9. The van der Waals surface area contributed by atoms with Crippen LogP contribution in [0.25, 0.3) is 9.81 Å². The number of allylic oxidation sites excluding steroid dienone is 3. The summed E-state index contributed by atoms with van der Waals surface area (Å²) in [6.07, 6.45) is 4.77. The Balaban J connectivity index is 1.17. The van der Waals surface area contributed by atoms with Crippen LogP contribution in [0.2, 0.25) is 0 Å². The highest BCUT2D eigenvalue weighted by atomic mass is 32.3. The molecule has 9 heteroatoms. The van der Waals surface area contributed by atoms with Gasteiger partial charge in [0.2, 0.25) is 0 Å². The van der Waals surface area contributed by atoms with E-state index in [-0.39, 0.29) is 0 Å². The minimum atomic E-state index is 1.24. The molecule has 7 rings (SSSR count). The first-order valence-electron chi connectivity index (χ1n) is 10.8. The van der Waals surface area contributed by atoms with E-state index in [9.17, 15) is 0 Å². The van der Waals surface area contributed by atoms with Crippen LogP contribution in [0.3, 0.4) is 0 Å². The summed E-state index contributed by atoms with van der Waals surface area (Å²) in [6.45, 7) is 0. The third-order valence-electron chi connectivity index (χ3n) is 5.31. The van der Waals surface area contributed by atoms with E-state index >= 15 is 0 Å². The molecule has 0 saturated heterocycles. The summed E-state index contributed by atoms with van der Waals surface area (Å²) in [5.74, 6) is 2.49. The standard InChI is InChI=1S/C26H16S9/c1-3-7-15(8-4-1)18-13-17(14-19(29-18)16-9-5-2-6-10-16)20-30-23-24(31-20)35-26(34-23)25-32-21-22(33-25)28-12-11-27-21/h1-10,13-14H,11-12H2. The molecule has 35 heavy (non-hydrogen) atoms. The molecule has 0 unspecified atom stereocenters. The number of rotatable bonds is 2. The first-order chi connectivity index (χ1) is 17.3. The Labute approximate surface area is 244 Å². The molecular weight excluding hydrogens is 601 g/mol. The average molecular weight is 617 g/mol. The number of hydrogen-bond acceptors (Lipinski definition) is 9. The fourth-order valence-electron chi connectivity index (χ4n) is 3.70. The number of hydrogen-bond donors (Lipinski definition) is 0. The zero-order chi connectivity index (χ0) is 23.2. The van der Waals surface area contributed by atoms with Crippen molar-refractivity contribution in [1.82, 2.24) is 0 Å². The Morgan fingerprint density at radius 1 is 0.400 bits per heavy atom. The van der Waals surface area contributed by atoms with E-state index < -0.39 is 0 Å². The normalized spacial score (nSPS) is 22.1. The van der Waals surface area contributed by atoms with Gasteiger partial charge in [0.1, 0.15) is 0 Å². The minimum Gasteiger partial charge on any atom is -0.116 e. The quantitative estimate of drug-likeness (QED) is 0.320. The molecule has 0 spiro atoms. The molecule has 2 aromatic rings. The second kappa shape index (κ2) is 10.7. The molecule has 0 radical (unpaired) electrons. The van der Waals surface area contributed by atoms with Gasteiger partial charge in [0, 0.05) is 21.3 Å². The minimum absolute atomic E-state index is 1.24. The predicted octanol–water partition coefficient (Wildman–Crippen LogP) is 11.3. The fourth-order valence-corrected chi connectivity index (χ4v) is 17.4. The summed E-state index contributed by atoms with van der Waals surface area (Å²) in [7, 11) is 0. The lowest BCUT2D eigenvalue weighted by Crippen LogP contribution is -1.92. The van der Waals surface area contributed by atoms with Crippen molar-refractivity contribution in [1.29, 1.82) is 0 Å². The van der Waals surface area contributed by atoms with Crippen molar-refractivity contribution in [2.45, 2.75) is 0 Å². The van der Waals surface area contributed by atoms with Crippen molar-refractivity contribution in [2.24, 2.45) is 0 Å². The molecule has 0 N–H and O–H groups in total. The van der Waals surface area contributed by atoms with Crippen molar-refractivity contribution >= 4 is 116 Å². The van der Waals surface area contributed by atoms with Crippen LogP contribution in [0.1, 0.15) is 11.1 Å². The molecule has 0 nitrogen and oxygen atoms in total. The Hall–Kier alpha value is 0.0300. The Bertz CT molecular complexity index is 1300. The molecule has 5 aliphatic rings. The van der Waals surface area contributed by atoms with Crippen LogP contribution < -0.4 is 0 Å². The highest BCUT2D eigenvalue weighted by Crippen LogP contribution is 2.71. The molecule has 0 aromatic heterocycles. The smallest absolute Gasteiger partial charge is 0.0718 e. The van der Waals surface area contributed by atoms with Crippen LogP contribution in [0.5, 0.6) is 0 Å². The molecule has 174 valence electrons. The van der Waals surface area contributed by atoms with Gasteiger partial charge in [-0.05, 0) is 28.9 Å². The molecule has 0 saturated carbocycles. The van der Waals surface area contributed by atoms with Gasteiger partial charge < -0.3 is 0 Å². The zero-order valence-electron chi connectivity index (χ0n) is 18.0. The molecular formula is C26H16S9. The lowest BCUT2D eigenvalue weighted by molar-refractivity contribution is 1.56. The Morgan fingerprint density at radius 3 is 1.26 bits per heavy atom. The van der Waals surface area contributed by atoms with Gasteiger partial charge >= 0.3 is 0 Å². The third kappa shape index (κ3) is 5.06. The van der Waals surface area contributed by atoms with Gasteiger partial charge in [0.25, 0.3) is 0 Å². The van der Waals surface area contributed by atoms with Gasteiger partial charge in [-0.2, -0.15) is 0 Å². The molecule has 0 fully saturated rings. The monoisotopic (exact) mass is 616 g/mol. The number of benzene rings is 2. The van der Waals surface area contributed by atoms with Crippen molar-refractivity contribution in [3.63, 3.8) is 0 Å². The van der Waals surface area contributed by atoms with Gasteiger partial charge in [0.15, 0.2) is 0 Å². The van der Waals surface area contributed by atoms with E-state index in [1.807, 2.05) is 106 Å². The van der Waals surface area contributed by atoms with Crippen molar-refractivity contribution in [3.8, 4) is 0 Å². The van der Waals surface area contributed by atoms with E-state index in [4.69, 9.17) is 0 Å². The molecule has 2 aromatic carbocycles. The molecule has 0 atom stereocenters. The molecule has 5 heterocycles. The topological polar surface area (TPSA) is 0 Å². The summed E-state index contributed by atoms with van der Waals surface area (Å²) in [4.78, 5) is 2.63. The zero-order valence-corrected chi connectivity index (χ0v) is 25.4. The summed E-state index contributed by atoms with van der Waals surface area (Å²) >= 11 is 17.8. The predicted molar refractivity (Wildman–Crippen MR) is 175 cm³/mol. The maximum Gasteiger partial charge on any atom is 0.0718 e.